The maximum atomic E-state index is 5.66. The lowest BCUT2D eigenvalue weighted by Crippen LogP contribution is -2.34. The molecule has 0 amide bonds. The van der Waals surface area contributed by atoms with E-state index in [0.29, 0.717) is 13.2 Å². The van der Waals surface area contributed by atoms with Crippen molar-refractivity contribution in [3.8, 4) is 0 Å². The molecular formula is C12H20O2. The van der Waals surface area contributed by atoms with Crippen LogP contribution in [0, 0.1) is 0 Å². The van der Waals surface area contributed by atoms with Crippen LogP contribution in [0.4, 0.5) is 0 Å². The van der Waals surface area contributed by atoms with Crippen LogP contribution in [0.2, 0.25) is 0 Å². The average molecular weight is 196 g/mol. The van der Waals surface area contributed by atoms with Gasteiger partial charge in [-0.3, -0.25) is 0 Å². The first-order valence-corrected chi connectivity index (χ1v) is 5.33. The largest absolute Gasteiger partial charge is 0.371 e. The van der Waals surface area contributed by atoms with E-state index in [-0.39, 0.29) is 12.2 Å². The number of ether oxygens (including phenoxy) is 2. The molecule has 0 aromatic carbocycles. The second kappa shape index (κ2) is 6.80. The van der Waals surface area contributed by atoms with Gasteiger partial charge in [-0.1, -0.05) is 25.0 Å². The van der Waals surface area contributed by atoms with Crippen molar-refractivity contribution in [1.29, 1.82) is 0 Å². The van der Waals surface area contributed by atoms with Gasteiger partial charge in [0.15, 0.2) is 0 Å². The second-order valence-corrected chi connectivity index (χ2v) is 3.61. The van der Waals surface area contributed by atoms with Crippen LogP contribution in [0.1, 0.15) is 25.7 Å². The first kappa shape index (κ1) is 11.5. The summed E-state index contributed by atoms with van der Waals surface area (Å²) in [7, 11) is 0. The predicted octanol–water partition coefficient (Wildman–Crippen LogP) is 2.70. The topological polar surface area (TPSA) is 18.5 Å². The molecule has 2 atom stereocenters. The van der Waals surface area contributed by atoms with E-state index in [4.69, 9.17) is 9.47 Å². The summed E-state index contributed by atoms with van der Waals surface area (Å²) in [6.45, 7) is 8.55. The van der Waals surface area contributed by atoms with Crippen LogP contribution in [0.15, 0.2) is 25.3 Å². The molecule has 0 N–H and O–H groups in total. The summed E-state index contributed by atoms with van der Waals surface area (Å²) in [5.74, 6) is 0. The molecule has 0 heterocycles. The molecule has 0 aliphatic heterocycles. The first-order chi connectivity index (χ1) is 6.88. The number of hydrogen-bond donors (Lipinski definition) is 0. The minimum Gasteiger partial charge on any atom is -0.371 e. The molecule has 1 aliphatic rings. The van der Waals surface area contributed by atoms with Gasteiger partial charge in [-0.25, -0.2) is 0 Å². The third kappa shape index (κ3) is 3.64. The zero-order valence-electron chi connectivity index (χ0n) is 8.78. The van der Waals surface area contributed by atoms with Crippen molar-refractivity contribution in [2.24, 2.45) is 0 Å². The molecule has 0 saturated heterocycles. The van der Waals surface area contributed by atoms with Crippen molar-refractivity contribution in [3.05, 3.63) is 25.3 Å². The van der Waals surface area contributed by atoms with Crippen LogP contribution >= 0.6 is 0 Å². The van der Waals surface area contributed by atoms with Gasteiger partial charge in [-0.15, -0.1) is 13.2 Å². The van der Waals surface area contributed by atoms with Crippen LogP contribution in [0.5, 0.6) is 0 Å². The second-order valence-electron chi connectivity index (χ2n) is 3.61. The van der Waals surface area contributed by atoms with E-state index < -0.39 is 0 Å². The molecule has 80 valence electrons. The van der Waals surface area contributed by atoms with Gasteiger partial charge >= 0.3 is 0 Å². The Bertz CT molecular complexity index is 157. The monoisotopic (exact) mass is 196 g/mol. The fraction of sp³-hybridized carbons (Fsp3) is 0.667. The highest BCUT2D eigenvalue weighted by atomic mass is 16.5. The molecule has 14 heavy (non-hydrogen) atoms. The van der Waals surface area contributed by atoms with E-state index in [0.717, 1.165) is 12.8 Å². The summed E-state index contributed by atoms with van der Waals surface area (Å²) in [5.41, 5.74) is 0. The molecule has 0 aromatic heterocycles. The van der Waals surface area contributed by atoms with Gasteiger partial charge in [-0.05, 0) is 12.8 Å². The maximum Gasteiger partial charge on any atom is 0.0841 e. The lowest BCUT2D eigenvalue weighted by Gasteiger charge is -2.30. The Morgan fingerprint density at radius 3 is 1.71 bits per heavy atom. The smallest absolute Gasteiger partial charge is 0.0841 e. The van der Waals surface area contributed by atoms with Gasteiger partial charge in [0.2, 0.25) is 0 Å². The minimum atomic E-state index is 0.252. The van der Waals surface area contributed by atoms with Crippen molar-refractivity contribution in [3.63, 3.8) is 0 Å². The molecule has 0 radical (unpaired) electrons. The molecule has 2 heteroatoms. The van der Waals surface area contributed by atoms with E-state index in [2.05, 4.69) is 13.2 Å². The molecule has 1 rings (SSSR count). The summed E-state index contributed by atoms with van der Waals surface area (Å²) in [6, 6.07) is 0. The minimum absolute atomic E-state index is 0.252. The number of hydrogen-bond acceptors (Lipinski definition) is 2. The highest BCUT2D eigenvalue weighted by Gasteiger charge is 2.25. The summed E-state index contributed by atoms with van der Waals surface area (Å²) in [5, 5.41) is 0. The lowest BCUT2D eigenvalue weighted by atomic mass is 9.94. The lowest BCUT2D eigenvalue weighted by molar-refractivity contribution is -0.0782. The zero-order valence-corrected chi connectivity index (χ0v) is 8.78. The summed E-state index contributed by atoms with van der Waals surface area (Å²) >= 11 is 0. The van der Waals surface area contributed by atoms with E-state index >= 15 is 0 Å². The van der Waals surface area contributed by atoms with Gasteiger partial charge in [0.1, 0.15) is 0 Å². The molecule has 1 fully saturated rings. The molecule has 0 unspecified atom stereocenters. The molecule has 1 aliphatic carbocycles. The highest BCUT2D eigenvalue weighted by molar-refractivity contribution is 4.79. The number of rotatable bonds is 6. The third-order valence-corrected chi connectivity index (χ3v) is 2.50. The Morgan fingerprint density at radius 1 is 0.929 bits per heavy atom. The third-order valence-electron chi connectivity index (χ3n) is 2.50. The van der Waals surface area contributed by atoms with E-state index in [1.165, 1.54) is 12.8 Å². The van der Waals surface area contributed by atoms with Gasteiger partial charge in [0.25, 0.3) is 0 Å². The van der Waals surface area contributed by atoms with Crippen LogP contribution in [0.3, 0.4) is 0 Å². The summed E-state index contributed by atoms with van der Waals surface area (Å²) in [6.07, 6.45) is 8.79. The van der Waals surface area contributed by atoms with Crippen LogP contribution < -0.4 is 0 Å². The van der Waals surface area contributed by atoms with Gasteiger partial charge in [-0.2, -0.15) is 0 Å². The van der Waals surface area contributed by atoms with Gasteiger partial charge in [0, 0.05) is 0 Å². The van der Waals surface area contributed by atoms with Crippen molar-refractivity contribution < 1.29 is 9.47 Å². The first-order valence-electron chi connectivity index (χ1n) is 5.33. The molecule has 2 nitrogen and oxygen atoms in total. The van der Waals surface area contributed by atoms with Crippen molar-refractivity contribution in [2.75, 3.05) is 13.2 Å². The Balaban J connectivity index is 2.33. The van der Waals surface area contributed by atoms with Crippen LogP contribution in [-0.4, -0.2) is 25.4 Å². The molecule has 0 bridgehead atoms. The Morgan fingerprint density at radius 2 is 1.36 bits per heavy atom. The highest BCUT2D eigenvalue weighted by Crippen LogP contribution is 2.23. The predicted molar refractivity (Wildman–Crippen MR) is 58.3 cm³/mol. The maximum absolute atomic E-state index is 5.66. The quantitative estimate of drug-likeness (QED) is 0.608. The van der Waals surface area contributed by atoms with E-state index in [9.17, 15) is 0 Å². The average Bonchev–Trinajstić information content (AvgIpc) is 2.24. The molecule has 1 saturated carbocycles. The van der Waals surface area contributed by atoms with Crippen molar-refractivity contribution in [1.82, 2.24) is 0 Å². The van der Waals surface area contributed by atoms with Gasteiger partial charge in [0.05, 0.1) is 25.4 Å². The Labute approximate surface area is 86.6 Å². The molecule has 0 aromatic rings. The van der Waals surface area contributed by atoms with Crippen LogP contribution in [-0.2, 0) is 9.47 Å². The molecule has 0 spiro atoms. The van der Waals surface area contributed by atoms with Crippen molar-refractivity contribution in [2.45, 2.75) is 37.9 Å². The zero-order chi connectivity index (χ0) is 10.2. The van der Waals surface area contributed by atoms with E-state index in [1.54, 1.807) is 12.2 Å². The Kier molecular flexibility index (Phi) is 5.57. The summed E-state index contributed by atoms with van der Waals surface area (Å²) < 4.78 is 11.3. The normalized spacial score (nSPS) is 27.1. The molecular weight excluding hydrogens is 176 g/mol. The fourth-order valence-electron chi connectivity index (χ4n) is 1.83. The standard InChI is InChI=1S/C12H20O2/c1-3-9-13-11-7-5-6-8-12(11)14-10-4-2/h3-4,11-12H,1-2,5-10H2/t11-,12-/m1/s1. The van der Waals surface area contributed by atoms with E-state index in [1.807, 2.05) is 0 Å². The Hall–Kier alpha value is -0.600. The fourth-order valence-corrected chi connectivity index (χ4v) is 1.83. The van der Waals surface area contributed by atoms with Crippen molar-refractivity contribution >= 4 is 0 Å². The summed E-state index contributed by atoms with van der Waals surface area (Å²) in [4.78, 5) is 0. The van der Waals surface area contributed by atoms with Crippen LogP contribution in [0.25, 0.3) is 0 Å². The van der Waals surface area contributed by atoms with Gasteiger partial charge < -0.3 is 9.47 Å². The SMILES string of the molecule is C=CCO[C@@H]1CCCC[C@H]1OCC=C.